The first-order valence-corrected chi connectivity index (χ1v) is 6.37. The van der Waals surface area contributed by atoms with Gasteiger partial charge >= 0.3 is 0 Å². The summed E-state index contributed by atoms with van der Waals surface area (Å²) in [5.41, 5.74) is 8.60. The van der Waals surface area contributed by atoms with E-state index in [4.69, 9.17) is 5.73 Å². The highest BCUT2D eigenvalue weighted by atomic mass is 15.3. The lowest BCUT2D eigenvalue weighted by molar-refractivity contribution is 0.478. The van der Waals surface area contributed by atoms with Crippen LogP contribution < -0.4 is 5.73 Å². The summed E-state index contributed by atoms with van der Waals surface area (Å²) in [4.78, 5) is 0. The van der Waals surface area contributed by atoms with E-state index >= 15 is 0 Å². The number of nitrogens with zero attached hydrogens (tertiary/aromatic N) is 2. The van der Waals surface area contributed by atoms with Gasteiger partial charge in [0.05, 0.1) is 5.69 Å². The number of hydrogen-bond acceptors (Lipinski definition) is 2. The Kier molecular flexibility index (Phi) is 5.00. The second-order valence-corrected chi connectivity index (χ2v) is 4.89. The zero-order valence-corrected chi connectivity index (χ0v) is 11.0. The first-order chi connectivity index (χ1) is 7.56. The SMILES string of the molecule is CCc1cc(CC(N)CC(C)C)n(CC)n1. The van der Waals surface area contributed by atoms with Gasteiger partial charge in [-0.2, -0.15) is 5.10 Å². The van der Waals surface area contributed by atoms with Crippen molar-refractivity contribution in [3.63, 3.8) is 0 Å². The third-order valence-electron chi connectivity index (χ3n) is 2.82. The molecule has 1 aromatic rings. The molecule has 1 heterocycles. The predicted molar refractivity (Wildman–Crippen MR) is 68.4 cm³/mol. The van der Waals surface area contributed by atoms with Crippen LogP contribution in [0.25, 0.3) is 0 Å². The Morgan fingerprint density at radius 3 is 2.56 bits per heavy atom. The van der Waals surface area contributed by atoms with Crippen LogP contribution in [0.1, 0.15) is 45.5 Å². The van der Waals surface area contributed by atoms with Gasteiger partial charge in [-0.05, 0) is 31.7 Å². The van der Waals surface area contributed by atoms with Crippen molar-refractivity contribution in [1.29, 1.82) is 0 Å². The highest BCUT2D eigenvalue weighted by Gasteiger charge is 2.11. The maximum Gasteiger partial charge on any atom is 0.0624 e. The van der Waals surface area contributed by atoms with Crippen molar-refractivity contribution < 1.29 is 0 Å². The quantitative estimate of drug-likeness (QED) is 0.804. The first kappa shape index (κ1) is 13.2. The largest absolute Gasteiger partial charge is 0.327 e. The molecule has 0 spiro atoms. The molecule has 1 rings (SSSR count). The standard InChI is InChI=1S/C13H25N3/c1-5-12-9-13(16(6-2)15-12)8-11(14)7-10(3)4/h9-11H,5-8,14H2,1-4H3. The fourth-order valence-electron chi connectivity index (χ4n) is 2.08. The van der Waals surface area contributed by atoms with Crippen molar-refractivity contribution in [2.24, 2.45) is 11.7 Å². The van der Waals surface area contributed by atoms with Crippen molar-refractivity contribution in [3.05, 3.63) is 17.5 Å². The first-order valence-electron chi connectivity index (χ1n) is 6.37. The predicted octanol–water partition coefficient (Wildman–Crippen LogP) is 2.38. The summed E-state index contributed by atoms with van der Waals surface area (Å²) in [6.07, 6.45) is 3.02. The number of hydrogen-bond donors (Lipinski definition) is 1. The molecular weight excluding hydrogens is 198 g/mol. The molecule has 3 nitrogen and oxygen atoms in total. The fourth-order valence-corrected chi connectivity index (χ4v) is 2.08. The van der Waals surface area contributed by atoms with Crippen LogP contribution in [0.2, 0.25) is 0 Å². The lowest BCUT2D eigenvalue weighted by Crippen LogP contribution is -2.26. The fraction of sp³-hybridized carbons (Fsp3) is 0.769. The minimum absolute atomic E-state index is 0.256. The summed E-state index contributed by atoms with van der Waals surface area (Å²) in [7, 11) is 0. The Morgan fingerprint density at radius 2 is 2.06 bits per heavy atom. The van der Waals surface area contributed by atoms with Gasteiger partial charge in [-0.15, -0.1) is 0 Å². The molecule has 0 aromatic carbocycles. The Balaban J connectivity index is 2.67. The lowest BCUT2D eigenvalue weighted by atomic mass is 10.0. The minimum atomic E-state index is 0.256. The normalized spacial score (nSPS) is 13.4. The molecule has 0 fully saturated rings. The van der Waals surface area contributed by atoms with E-state index in [1.807, 2.05) is 0 Å². The Hall–Kier alpha value is -0.830. The highest BCUT2D eigenvalue weighted by molar-refractivity contribution is 5.11. The van der Waals surface area contributed by atoms with Gasteiger partial charge in [0.1, 0.15) is 0 Å². The smallest absolute Gasteiger partial charge is 0.0624 e. The van der Waals surface area contributed by atoms with E-state index in [1.165, 1.54) is 11.4 Å². The van der Waals surface area contributed by atoms with Gasteiger partial charge < -0.3 is 5.73 Å². The molecule has 16 heavy (non-hydrogen) atoms. The third-order valence-corrected chi connectivity index (χ3v) is 2.82. The molecule has 0 aliphatic heterocycles. The summed E-state index contributed by atoms with van der Waals surface area (Å²) in [6.45, 7) is 9.64. The molecule has 0 saturated heterocycles. The van der Waals surface area contributed by atoms with Crippen LogP contribution in [0.4, 0.5) is 0 Å². The second kappa shape index (κ2) is 6.04. The molecule has 0 saturated carbocycles. The van der Waals surface area contributed by atoms with Gasteiger partial charge in [0, 0.05) is 24.7 Å². The molecule has 0 radical (unpaired) electrons. The maximum atomic E-state index is 6.14. The average molecular weight is 223 g/mol. The van der Waals surface area contributed by atoms with Crippen molar-refractivity contribution in [2.75, 3.05) is 0 Å². The molecule has 1 aromatic heterocycles. The topological polar surface area (TPSA) is 43.8 Å². The van der Waals surface area contributed by atoms with E-state index in [-0.39, 0.29) is 6.04 Å². The number of nitrogens with two attached hydrogens (primary N) is 1. The number of rotatable bonds is 6. The number of aromatic nitrogens is 2. The molecule has 1 atom stereocenters. The van der Waals surface area contributed by atoms with Crippen molar-refractivity contribution in [2.45, 2.75) is 59.5 Å². The summed E-state index contributed by atoms with van der Waals surface area (Å²) in [6, 6.07) is 2.45. The monoisotopic (exact) mass is 223 g/mol. The van der Waals surface area contributed by atoms with Crippen molar-refractivity contribution in [1.82, 2.24) is 9.78 Å². The van der Waals surface area contributed by atoms with Crippen molar-refractivity contribution in [3.8, 4) is 0 Å². The van der Waals surface area contributed by atoms with Crippen LogP contribution >= 0.6 is 0 Å². The minimum Gasteiger partial charge on any atom is -0.327 e. The third kappa shape index (κ3) is 3.63. The molecule has 0 aliphatic rings. The van der Waals surface area contributed by atoms with E-state index in [9.17, 15) is 0 Å². The van der Waals surface area contributed by atoms with Gasteiger partial charge in [-0.25, -0.2) is 0 Å². The summed E-state index contributed by atoms with van der Waals surface area (Å²) >= 11 is 0. The summed E-state index contributed by atoms with van der Waals surface area (Å²) in [5, 5.41) is 4.54. The van der Waals surface area contributed by atoms with Crippen LogP contribution in [0.3, 0.4) is 0 Å². The van der Waals surface area contributed by atoms with E-state index in [1.54, 1.807) is 0 Å². The summed E-state index contributed by atoms with van der Waals surface area (Å²) < 4.78 is 2.08. The lowest BCUT2D eigenvalue weighted by Gasteiger charge is -2.14. The second-order valence-electron chi connectivity index (χ2n) is 4.89. The molecular formula is C13H25N3. The Labute approximate surface area is 99.0 Å². The summed E-state index contributed by atoms with van der Waals surface area (Å²) in [5.74, 6) is 0.665. The zero-order chi connectivity index (χ0) is 12.1. The van der Waals surface area contributed by atoms with Gasteiger partial charge in [0.25, 0.3) is 0 Å². The molecule has 2 N–H and O–H groups in total. The van der Waals surface area contributed by atoms with E-state index < -0.39 is 0 Å². The molecule has 0 aliphatic carbocycles. The molecule has 0 bridgehead atoms. The average Bonchev–Trinajstić information content (AvgIpc) is 2.59. The van der Waals surface area contributed by atoms with Crippen LogP contribution in [-0.4, -0.2) is 15.8 Å². The molecule has 92 valence electrons. The van der Waals surface area contributed by atoms with Crippen LogP contribution in [0, 0.1) is 5.92 Å². The van der Waals surface area contributed by atoms with Crippen LogP contribution in [0.5, 0.6) is 0 Å². The Bertz CT molecular complexity index is 315. The molecule has 0 amide bonds. The van der Waals surface area contributed by atoms with Gasteiger partial charge in [0.15, 0.2) is 0 Å². The molecule has 1 unspecified atom stereocenters. The van der Waals surface area contributed by atoms with Gasteiger partial charge in [-0.3, -0.25) is 4.68 Å². The highest BCUT2D eigenvalue weighted by Crippen LogP contribution is 2.11. The van der Waals surface area contributed by atoms with E-state index in [0.717, 1.165) is 25.8 Å². The van der Waals surface area contributed by atoms with E-state index in [2.05, 4.69) is 43.5 Å². The van der Waals surface area contributed by atoms with Crippen LogP contribution in [-0.2, 0) is 19.4 Å². The van der Waals surface area contributed by atoms with Crippen LogP contribution in [0.15, 0.2) is 6.07 Å². The number of aryl methyl sites for hydroxylation is 2. The zero-order valence-electron chi connectivity index (χ0n) is 11.0. The van der Waals surface area contributed by atoms with Crippen molar-refractivity contribution >= 4 is 0 Å². The Morgan fingerprint density at radius 1 is 1.38 bits per heavy atom. The van der Waals surface area contributed by atoms with Gasteiger partial charge in [-0.1, -0.05) is 20.8 Å². The van der Waals surface area contributed by atoms with E-state index in [0.29, 0.717) is 5.92 Å². The van der Waals surface area contributed by atoms with Gasteiger partial charge in [0.2, 0.25) is 0 Å². The molecule has 3 heteroatoms. The maximum absolute atomic E-state index is 6.14.